The molecule has 4 aromatic rings. The Morgan fingerprint density at radius 2 is 2.02 bits per heavy atom. The Bertz CT molecular complexity index is 1690. The van der Waals surface area contributed by atoms with E-state index in [1.807, 2.05) is 6.07 Å². The Kier molecular flexibility index (Phi) is 8.34. The van der Waals surface area contributed by atoms with E-state index >= 15 is 0 Å². The van der Waals surface area contributed by atoms with E-state index in [4.69, 9.17) is 25.8 Å². The van der Waals surface area contributed by atoms with Gasteiger partial charge in [-0.1, -0.05) is 29.5 Å². The van der Waals surface area contributed by atoms with Crippen molar-refractivity contribution < 1.29 is 27.8 Å². The molecule has 2 fully saturated rings. The summed E-state index contributed by atoms with van der Waals surface area (Å²) in [4.78, 5) is 23.6. The molecule has 0 aliphatic carbocycles. The van der Waals surface area contributed by atoms with E-state index in [0.29, 0.717) is 50.8 Å². The van der Waals surface area contributed by atoms with Gasteiger partial charge in [0.1, 0.15) is 18.2 Å². The standard InChI is InChI=1S/C29H24ClF2N5O4S/c30-21-13-18(5-7-24(21)41-25-3-1-2-22(31)26(25)32)36-28-27-23(34-16-35-28)14-20(42-27)6-4-17-12-19(15-33-17)40-29(38)37-8-10-39-11-9-37/h1-3,5,7,13-14,16-17,19,33H,8-12,15H2,(H,34,35,36). The number of hydrogen-bond acceptors (Lipinski definition) is 9. The highest BCUT2D eigenvalue weighted by Gasteiger charge is 2.28. The van der Waals surface area contributed by atoms with Crippen LogP contribution in [0.4, 0.5) is 25.1 Å². The zero-order valence-corrected chi connectivity index (χ0v) is 23.6. The summed E-state index contributed by atoms with van der Waals surface area (Å²) < 4.78 is 44.7. The first-order valence-electron chi connectivity index (χ1n) is 13.1. The first kappa shape index (κ1) is 28.1. The molecule has 2 N–H and O–H groups in total. The van der Waals surface area contributed by atoms with Gasteiger partial charge in [-0.05, 0) is 36.4 Å². The predicted molar refractivity (Wildman–Crippen MR) is 155 cm³/mol. The lowest BCUT2D eigenvalue weighted by Gasteiger charge is -2.27. The Morgan fingerprint density at radius 3 is 2.86 bits per heavy atom. The van der Waals surface area contributed by atoms with Crippen LogP contribution in [-0.2, 0) is 9.47 Å². The van der Waals surface area contributed by atoms with Gasteiger partial charge in [-0.25, -0.2) is 19.2 Å². The lowest BCUT2D eigenvalue weighted by molar-refractivity contribution is 0.0156. The van der Waals surface area contributed by atoms with Gasteiger partial charge in [0.05, 0.1) is 39.4 Å². The molecule has 4 heterocycles. The van der Waals surface area contributed by atoms with Gasteiger partial charge < -0.3 is 24.4 Å². The number of hydrogen-bond donors (Lipinski definition) is 2. The highest BCUT2D eigenvalue weighted by molar-refractivity contribution is 7.20. The minimum atomic E-state index is -1.09. The molecular weight excluding hydrogens is 588 g/mol. The number of rotatable bonds is 5. The number of aromatic nitrogens is 2. The van der Waals surface area contributed by atoms with Crippen molar-refractivity contribution in [1.29, 1.82) is 0 Å². The van der Waals surface area contributed by atoms with Crippen LogP contribution >= 0.6 is 22.9 Å². The van der Waals surface area contributed by atoms with Crippen molar-refractivity contribution in [2.75, 3.05) is 38.2 Å². The van der Waals surface area contributed by atoms with Crippen molar-refractivity contribution in [3.63, 3.8) is 0 Å². The number of amides is 1. The summed E-state index contributed by atoms with van der Waals surface area (Å²) in [5, 5.41) is 6.73. The average molecular weight is 612 g/mol. The summed E-state index contributed by atoms with van der Waals surface area (Å²) in [6.45, 7) is 2.68. The SMILES string of the molecule is O=C(OC1CNC(C#Cc2cc3ncnc(Nc4ccc(Oc5cccc(F)c5F)c(Cl)c4)c3s2)C1)N1CCOCC1. The predicted octanol–water partition coefficient (Wildman–Crippen LogP) is 5.71. The summed E-state index contributed by atoms with van der Waals surface area (Å²) in [6.07, 6.45) is 1.50. The van der Waals surface area contributed by atoms with Crippen molar-refractivity contribution in [2.45, 2.75) is 18.6 Å². The van der Waals surface area contributed by atoms with Crippen LogP contribution in [0.1, 0.15) is 11.3 Å². The topological polar surface area (TPSA) is 97.8 Å². The fourth-order valence-electron chi connectivity index (χ4n) is 4.51. The molecule has 0 saturated carbocycles. The van der Waals surface area contributed by atoms with E-state index in [2.05, 4.69) is 32.4 Å². The van der Waals surface area contributed by atoms with E-state index in [1.165, 1.54) is 29.8 Å². The number of carbonyl (C=O) groups excluding carboxylic acids is 1. The van der Waals surface area contributed by atoms with Gasteiger partial charge in [0.25, 0.3) is 0 Å². The molecule has 6 rings (SSSR count). The molecule has 216 valence electrons. The van der Waals surface area contributed by atoms with E-state index < -0.39 is 11.6 Å². The molecular formula is C29H24ClF2N5O4S. The van der Waals surface area contributed by atoms with Gasteiger partial charge in [-0.3, -0.25) is 5.32 Å². The van der Waals surface area contributed by atoms with Crippen LogP contribution in [0.2, 0.25) is 5.02 Å². The third-order valence-corrected chi connectivity index (χ3v) is 7.98. The number of nitrogens with zero attached hydrogens (tertiary/aromatic N) is 3. The van der Waals surface area contributed by atoms with E-state index in [0.717, 1.165) is 21.2 Å². The molecule has 13 heteroatoms. The largest absolute Gasteiger partial charge is 0.453 e. The van der Waals surface area contributed by atoms with Crippen molar-refractivity contribution >= 4 is 50.8 Å². The highest BCUT2D eigenvalue weighted by atomic mass is 35.5. The van der Waals surface area contributed by atoms with Gasteiger partial charge in [-0.2, -0.15) is 4.39 Å². The third-order valence-electron chi connectivity index (χ3n) is 6.64. The van der Waals surface area contributed by atoms with Gasteiger partial charge in [0.2, 0.25) is 5.82 Å². The molecule has 2 aromatic carbocycles. The molecule has 2 saturated heterocycles. The Morgan fingerprint density at radius 1 is 1.17 bits per heavy atom. The zero-order valence-electron chi connectivity index (χ0n) is 22.0. The number of benzene rings is 2. The van der Waals surface area contributed by atoms with E-state index in [-0.39, 0.29) is 34.8 Å². The normalized spacial score (nSPS) is 18.4. The van der Waals surface area contributed by atoms with Crippen molar-refractivity contribution in [3.05, 3.63) is 70.3 Å². The number of morpholine rings is 1. The summed E-state index contributed by atoms with van der Waals surface area (Å²) in [5.74, 6) is 4.80. The van der Waals surface area contributed by atoms with Crippen LogP contribution in [0.15, 0.2) is 48.8 Å². The molecule has 9 nitrogen and oxygen atoms in total. The maximum Gasteiger partial charge on any atom is 0.410 e. The summed E-state index contributed by atoms with van der Waals surface area (Å²) in [7, 11) is 0. The smallest absolute Gasteiger partial charge is 0.410 e. The number of anilines is 2. The number of nitrogens with one attached hydrogen (secondary N) is 2. The molecule has 2 aromatic heterocycles. The van der Waals surface area contributed by atoms with Crippen molar-refractivity contribution in [1.82, 2.24) is 20.2 Å². The number of fused-ring (bicyclic) bond motifs is 1. The number of thiophene rings is 1. The number of halogens is 3. The molecule has 0 bridgehead atoms. The lowest BCUT2D eigenvalue weighted by Crippen LogP contribution is -2.42. The van der Waals surface area contributed by atoms with Gasteiger partial charge >= 0.3 is 6.09 Å². The first-order valence-corrected chi connectivity index (χ1v) is 14.3. The second-order valence-corrected chi connectivity index (χ2v) is 11.0. The summed E-state index contributed by atoms with van der Waals surface area (Å²) in [5.41, 5.74) is 1.34. The maximum atomic E-state index is 14.0. The second-order valence-electron chi connectivity index (χ2n) is 9.54. The molecule has 2 aliphatic heterocycles. The average Bonchev–Trinajstić information content (AvgIpc) is 3.63. The molecule has 2 unspecified atom stereocenters. The number of carbonyl (C=O) groups is 1. The van der Waals surface area contributed by atoms with Crippen LogP contribution in [0, 0.1) is 23.5 Å². The number of ether oxygens (including phenoxy) is 3. The van der Waals surface area contributed by atoms with Crippen LogP contribution < -0.4 is 15.4 Å². The summed E-state index contributed by atoms with van der Waals surface area (Å²) >= 11 is 7.81. The fourth-order valence-corrected chi connectivity index (χ4v) is 5.64. The molecule has 2 atom stereocenters. The van der Waals surface area contributed by atoms with Crippen LogP contribution in [0.25, 0.3) is 10.2 Å². The Labute approximate surface area is 248 Å². The minimum absolute atomic E-state index is 0.106. The zero-order chi connectivity index (χ0) is 29.1. The van der Waals surface area contributed by atoms with Gasteiger partial charge in [-0.15, -0.1) is 11.3 Å². The Hall–Kier alpha value is -4.02. The molecule has 0 spiro atoms. The highest BCUT2D eigenvalue weighted by Crippen LogP contribution is 2.35. The van der Waals surface area contributed by atoms with Crippen LogP contribution in [0.3, 0.4) is 0 Å². The molecule has 2 aliphatic rings. The minimum Gasteiger partial charge on any atom is -0.453 e. The van der Waals surface area contributed by atoms with Crippen LogP contribution in [-0.4, -0.2) is 66.0 Å². The second kappa shape index (κ2) is 12.5. The quantitative estimate of drug-likeness (QED) is 0.277. The van der Waals surface area contributed by atoms with Gasteiger partial charge in [0.15, 0.2) is 17.4 Å². The first-order chi connectivity index (χ1) is 20.4. The van der Waals surface area contributed by atoms with Crippen molar-refractivity contribution in [3.8, 4) is 23.3 Å². The third kappa shape index (κ3) is 6.39. The van der Waals surface area contributed by atoms with Crippen LogP contribution in [0.5, 0.6) is 11.5 Å². The van der Waals surface area contributed by atoms with E-state index in [9.17, 15) is 13.6 Å². The monoisotopic (exact) mass is 611 g/mol. The molecule has 1 amide bonds. The maximum absolute atomic E-state index is 14.0. The van der Waals surface area contributed by atoms with Gasteiger partial charge in [0, 0.05) is 31.7 Å². The summed E-state index contributed by atoms with van der Waals surface area (Å²) in [6, 6.07) is 10.3. The van der Waals surface area contributed by atoms with E-state index in [1.54, 1.807) is 23.1 Å². The van der Waals surface area contributed by atoms with Crippen molar-refractivity contribution in [2.24, 2.45) is 0 Å². The fraction of sp³-hybridized carbons (Fsp3) is 0.276. The Balaban J connectivity index is 1.10. The molecule has 42 heavy (non-hydrogen) atoms. The lowest BCUT2D eigenvalue weighted by atomic mass is 10.2. The molecule has 0 radical (unpaired) electrons.